The number of amides is 1. The Kier molecular flexibility index (Phi) is 4.84. The monoisotopic (exact) mass is 288 g/mol. The van der Waals surface area contributed by atoms with Gasteiger partial charge in [0.1, 0.15) is 0 Å². The minimum Gasteiger partial charge on any atom is -0.342 e. The molecule has 1 N–H and O–H groups in total. The molecule has 2 aliphatic heterocycles. The number of sulfone groups is 1. The number of hydrogen-bond donors (Lipinski definition) is 1. The van der Waals surface area contributed by atoms with Crippen LogP contribution in [0.4, 0.5) is 0 Å². The van der Waals surface area contributed by atoms with Crippen molar-refractivity contribution >= 4 is 15.7 Å². The maximum absolute atomic E-state index is 12.2. The molecule has 1 amide bonds. The molecule has 2 saturated heterocycles. The molecule has 0 aliphatic carbocycles. The van der Waals surface area contributed by atoms with Crippen LogP contribution in [0.5, 0.6) is 0 Å². The first kappa shape index (κ1) is 14.8. The fourth-order valence-electron chi connectivity index (χ4n) is 2.90. The molecule has 1 unspecified atom stereocenters. The Morgan fingerprint density at radius 3 is 2.47 bits per heavy atom. The molecule has 1 atom stereocenters. The van der Waals surface area contributed by atoms with E-state index in [1.54, 1.807) is 0 Å². The van der Waals surface area contributed by atoms with Crippen LogP contribution in [0.15, 0.2) is 0 Å². The Hall–Kier alpha value is -0.620. The van der Waals surface area contributed by atoms with Crippen molar-refractivity contribution in [2.45, 2.75) is 38.6 Å². The van der Waals surface area contributed by atoms with Gasteiger partial charge in [-0.3, -0.25) is 4.79 Å². The quantitative estimate of drug-likeness (QED) is 0.814. The fourth-order valence-corrected chi connectivity index (χ4v) is 4.63. The third-order valence-corrected chi connectivity index (χ3v) is 5.84. The summed E-state index contributed by atoms with van der Waals surface area (Å²) in [7, 11) is -2.96. The molecule has 2 aliphatic rings. The van der Waals surface area contributed by atoms with E-state index in [1.807, 2.05) is 4.90 Å². The van der Waals surface area contributed by atoms with Crippen LogP contribution in [0.2, 0.25) is 0 Å². The van der Waals surface area contributed by atoms with Crippen molar-refractivity contribution in [3.05, 3.63) is 0 Å². The van der Waals surface area contributed by atoms with E-state index in [-0.39, 0.29) is 23.3 Å². The molecule has 0 aromatic carbocycles. The third kappa shape index (κ3) is 3.92. The molecule has 0 spiro atoms. The maximum atomic E-state index is 12.2. The topological polar surface area (TPSA) is 66.5 Å². The number of rotatable bonds is 4. The van der Waals surface area contributed by atoms with E-state index in [9.17, 15) is 13.2 Å². The summed E-state index contributed by atoms with van der Waals surface area (Å²) in [6.45, 7) is 4.69. The number of nitrogens with zero attached hydrogens (tertiary/aromatic N) is 1. The van der Waals surface area contributed by atoms with Crippen LogP contribution in [0.3, 0.4) is 0 Å². The minimum atomic E-state index is -2.96. The lowest BCUT2D eigenvalue weighted by Gasteiger charge is -2.33. The number of piperidine rings is 1. The van der Waals surface area contributed by atoms with Crippen molar-refractivity contribution in [1.29, 1.82) is 0 Å². The second kappa shape index (κ2) is 6.22. The van der Waals surface area contributed by atoms with Crippen LogP contribution >= 0.6 is 0 Å². The lowest BCUT2D eigenvalue weighted by Crippen LogP contribution is -2.47. The largest absolute Gasteiger partial charge is 0.342 e. The summed E-state index contributed by atoms with van der Waals surface area (Å²) in [5, 5.41) is 3.48. The van der Waals surface area contributed by atoms with E-state index < -0.39 is 9.84 Å². The first-order valence-electron chi connectivity index (χ1n) is 7.24. The average Bonchev–Trinajstić information content (AvgIpc) is 2.76. The molecule has 5 nitrogen and oxygen atoms in total. The molecule has 2 rings (SSSR count). The highest BCUT2D eigenvalue weighted by molar-refractivity contribution is 7.91. The van der Waals surface area contributed by atoms with Gasteiger partial charge in [-0.15, -0.1) is 0 Å². The lowest BCUT2D eigenvalue weighted by atomic mass is 10.0. The van der Waals surface area contributed by atoms with Crippen molar-refractivity contribution in [1.82, 2.24) is 10.2 Å². The molecule has 0 aromatic heterocycles. The summed E-state index contributed by atoms with van der Waals surface area (Å²) in [6.07, 6.45) is 3.59. The van der Waals surface area contributed by atoms with E-state index in [1.165, 1.54) is 0 Å². The van der Waals surface area contributed by atoms with E-state index in [4.69, 9.17) is 0 Å². The second-order valence-corrected chi connectivity index (χ2v) is 7.88. The predicted molar refractivity (Wildman–Crippen MR) is 74.7 cm³/mol. The standard InChI is InChI=1S/C13H24N2O3S/c1-2-6-14-12-3-7-15(8-4-12)13(16)11-5-9-19(17,18)10-11/h11-12,14H,2-10H2,1H3. The number of nitrogens with one attached hydrogen (secondary N) is 1. The number of carbonyl (C=O) groups excluding carboxylic acids is 1. The Morgan fingerprint density at radius 2 is 1.95 bits per heavy atom. The fraction of sp³-hybridized carbons (Fsp3) is 0.923. The van der Waals surface area contributed by atoms with Crippen molar-refractivity contribution in [3.8, 4) is 0 Å². The third-order valence-electron chi connectivity index (χ3n) is 4.07. The van der Waals surface area contributed by atoms with Crippen molar-refractivity contribution in [2.24, 2.45) is 5.92 Å². The average molecular weight is 288 g/mol. The molecular weight excluding hydrogens is 264 g/mol. The van der Waals surface area contributed by atoms with Crippen molar-refractivity contribution in [3.63, 3.8) is 0 Å². The van der Waals surface area contributed by atoms with Gasteiger partial charge in [-0.1, -0.05) is 6.92 Å². The Bertz CT molecular complexity index is 414. The molecule has 6 heteroatoms. The van der Waals surface area contributed by atoms with Gasteiger partial charge in [-0.2, -0.15) is 0 Å². The highest BCUT2D eigenvalue weighted by Crippen LogP contribution is 2.22. The number of likely N-dealkylation sites (tertiary alicyclic amines) is 1. The smallest absolute Gasteiger partial charge is 0.226 e. The predicted octanol–water partition coefficient (Wildman–Crippen LogP) is 0.412. The van der Waals surface area contributed by atoms with E-state index >= 15 is 0 Å². The summed E-state index contributed by atoms with van der Waals surface area (Å²) >= 11 is 0. The van der Waals surface area contributed by atoms with Crippen LogP contribution < -0.4 is 5.32 Å². The van der Waals surface area contributed by atoms with Gasteiger partial charge in [0.2, 0.25) is 5.91 Å². The minimum absolute atomic E-state index is 0.0509. The van der Waals surface area contributed by atoms with E-state index in [2.05, 4.69) is 12.2 Å². The Labute approximate surface area is 115 Å². The zero-order valence-corrected chi connectivity index (χ0v) is 12.4. The van der Waals surface area contributed by atoms with Crippen LogP contribution in [0.25, 0.3) is 0 Å². The molecule has 0 saturated carbocycles. The highest BCUT2D eigenvalue weighted by atomic mass is 32.2. The van der Waals surface area contributed by atoms with Crippen molar-refractivity contribution in [2.75, 3.05) is 31.1 Å². The van der Waals surface area contributed by atoms with Gasteiger partial charge >= 0.3 is 0 Å². The van der Waals surface area contributed by atoms with Gasteiger partial charge < -0.3 is 10.2 Å². The van der Waals surface area contributed by atoms with Crippen LogP contribution in [-0.4, -0.2) is 56.4 Å². The van der Waals surface area contributed by atoms with Gasteiger partial charge in [0.05, 0.1) is 17.4 Å². The van der Waals surface area contributed by atoms with Gasteiger partial charge in [-0.25, -0.2) is 8.42 Å². The number of carbonyl (C=O) groups is 1. The summed E-state index contributed by atoms with van der Waals surface area (Å²) in [5.41, 5.74) is 0. The van der Waals surface area contributed by atoms with Crippen LogP contribution in [0, 0.1) is 5.92 Å². The molecule has 0 radical (unpaired) electrons. The summed E-state index contributed by atoms with van der Waals surface area (Å²) in [5.74, 6) is -0.00205. The summed E-state index contributed by atoms with van der Waals surface area (Å²) < 4.78 is 22.8. The Morgan fingerprint density at radius 1 is 1.26 bits per heavy atom. The SMILES string of the molecule is CCCNC1CCN(C(=O)C2CCS(=O)(=O)C2)CC1. The summed E-state index contributed by atoms with van der Waals surface area (Å²) in [4.78, 5) is 14.1. The first-order valence-corrected chi connectivity index (χ1v) is 9.06. The zero-order chi connectivity index (χ0) is 13.9. The second-order valence-electron chi connectivity index (χ2n) is 5.65. The molecule has 19 heavy (non-hydrogen) atoms. The van der Waals surface area contributed by atoms with Crippen LogP contribution in [0.1, 0.15) is 32.6 Å². The van der Waals surface area contributed by atoms with Gasteiger partial charge in [0.15, 0.2) is 9.84 Å². The summed E-state index contributed by atoms with van der Waals surface area (Å²) in [6, 6.07) is 0.510. The van der Waals surface area contributed by atoms with Gasteiger partial charge in [-0.05, 0) is 32.2 Å². The van der Waals surface area contributed by atoms with Gasteiger partial charge in [0.25, 0.3) is 0 Å². The highest BCUT2D eigenvalue weighted by Gasteiger charge is 2.36. The molecule has 2 heterocycles. The first-order chi connectivity index (χ1) is 9.02. The maximum Gasteiger partial charge on any atom is 0.226 e. The molecule has 0 bridgehead atoms. The van der Waals surface area contributed by atoms with Crippen molar-refractivity contribution < 1.29 is 13.2 Å². The molecule has 2 fully saturated rings. The molecular formula is C13H24N2O3S. The molecule has 0 aromatic rings. The number of hydrogen-bond acceptors (Lipinski definition) is 4. The van der Waals surface area contributed by atoms with E-state index in [0.29, 0.717) is 12.5 Å². The van der Waals surface area contributed by atoms with Gasteiger partial charge in [0, 0.05) is 19.1 Å². The lowest BCUT2D eigenvalue weighted by molar-refractivity contribution is -0.135. The Balaban J connectivity index is 1.80. The normalized spacial score (nSPS) is 27.6. The molecule has 110 valence electrons. The van der Waals surface area contributed by atoms with E-state index in [0.717, 1.165) is 38.9 Å². The van der Waals surface area contributed by atoms with Crippen LogP contribution in [-0.2, 0) is 14.6 Å². The zero-order valence-electron chi connectivity index (χ0n) is 11.6.